The largest absolute Gasteiger partial charge is 0.481 e. The molecule has 3 rings (SSSR count). The summed E-state index contributed by atoms with van der Waals surface area (Å²) >= 11 is 0. The number of amides is 1. The Morgan fingerprint density at radius 2 is 2.26 bits per heavy atom. The van der Waals surface area contributed by atoms with E-state index in [1.54, 1.807) is 25.4 Å². The van der Waals surface area contributed by atoms with E-state index in [-0.39, 0.29) is 11.9 Å². The molecule has 0 saturated carbocycles. The van der Waals surface area contributed by atoms with Gasteiger partial charge in [-0.3, -0.25) is 14.7 Å². The van der Waals surface area contributed by atoms with Gasteiger partial charge in [-0.15, -0.1) is 0 Å². The molecule has 2 aromatic heterocycles. The summed E-state index contributed by atoms with van der Waals surface area (Å²) in [6.45, 7) is 2.62. The first-order valence-electron chi connectivity index (χ1n) is 7.68. The van der Waals surface area contributed by atoms with E-state index in [1.165, 1.54) is 0 Å². The third kappa shape index (κ3) is 4.04. The lowest BCUT2D eigenvalue weighted by Gasteiger charge is -2.16. The average Bonchev–Trinajstić information content (AvgIpc) is 3.03. The van der Waals surface area contributed by atoms with Crippen LogP contribution in [-0.4, -0.2) is 47.0 Å². The van der Waals surface area contributed by atoms with Gasteiger partial charge in [0, 0.05) is 44.1 Å². The number of carbonyl (C=O) groups excluding carboxylic acids is 1. The smallest absolute Gasteiger partial charge is 0.270 e. The van der Waals surface area contributed by atoms with Gasteiger partial charge in [0.05, 0.1) is 7.11 Å². The lowest BCUT2D eigenvalue weighted by molar-refractivity contribution is 0.0932. The molecular weight excluding hydrogens is 292 g/mol. The Morgan fingerprint density at radius 1 is 1.35 bits per heavy atom. The quantitative estimate of drug-likeness (QED) is 0.906. The van der Waals surface area contributed by atoms with E-state index < -0.39 is 0 Å². The lowest BCUT2D eigenvalue weighted by Crippen LogP contribution is -2.37. The topological polar surface area (TPSA) is 67.3 Å². The van der Waals surface area contributed by atoms with Crippen molar-refractivity contribution in [3.63, 3.8) is 0 Å². The Kier molecular flexibility index (Phi) is 4.83. The fourth-order valence-electron chi connectivity index (χ4n) is 2.73. The number of nitrogens with one attached hydrogen (secondary N) is 1. The summed E-state index contributed by atoms with van der Waals surface area (Å²) in [6.07, 6.45) is 4.41. The van der Waals surface area contributed by atoms with Gasteiger partial charge >= 0.3 is 0 Å². The van der Waals surface area contributed by atoms with Crippen LogP contribution in [-0.2, 0) is 6.54 Å². The Hall–Kier alpha value is -2.47. The highest BCUT2D eigenvalue weighted by atomic mass is 16.5. The van der Waals surface area contributed by atoms with Crippen molar-refractivity contribution in [2.75, 3.05) is 20.2 Å². The average molecular weight is 312 g/mol. The maximum Gasteiger partial charge on any atom is 0.270 e. The molecule has 2 aromatic rings. The van der Waals surface area contributed by atoms with Gasteiger partial charge in [0.15, 0.2) is 0 Å². The Labute approximate surface area is 135 Å². The van der Waals surface area contributed by atoms with E-state index in [2.05, 4.69) is 20.2 Å². The van der Waals surface area contributed by atoms with Gasteiger partial charge in [-0.05, 0) is 24.1 Å². The van der Waals surface area contributed by atoms with Crippen LogP contribution >= 0.6 is 0 Å². The van der Waals surface area contributed by atoms with Gasteiger partial charge in [0.25, 0.3) is 5.91 Å². The summed E-state index contributed by atoms with van der Waals surface area (Å²) in [5.41, 5.74) is 1.60. The molecule has 0 spiro atoms. The number of nitrogens with zero attached hydrogens (tertiary/aromatic N) is 3. The van der Waals surface area contributed by atoms with Crippen molar-refractivity contribution in [3.05, 3.63) is 54.0 Å². The molecule has 1 saturated heterocycles. The van der Waals surface area contributed by atoms with E-state index in [4.69, 9.17) is 4.74 Å². The molecular formula is C17H20N4O2. The molecule has 1 aliphatic heterocycles. The zero-order valence-electron chi connectivity index (χ0n) is 13.1. The second kappa shape index (κ2) is 7.19. The number of hydrogen-bond acceptors (Lipinski definition) is 5. The Morgan fingerprint density at radius 3 is 2.96 bits per heavy atom. The predicted octanol–water partition coefficient (Wildman–Crippen LogP) is 1.49. The van der Waals surface area contributed by atoms with Crippen molar-refractivity contribution in [1.29, 1.82) is 0 Å². The monoisotopic (exact) mass is 312 g/mol. The third-order valence-corrected chi connectivity index (χ3v) is 3.92. The van der Waals surface area contributed by atoms with E-state index in [0.29, 0.717) is 11.6 Å². The van der Waals surface area contributed by atoms with Crippen LogP contribution in [0.5, 0.6) is 5.88 Å². The van der Waals surface area contributed by atoms with E-state index in [0.717, 1.165) is 31.6 Å². The van der Waals surface area contributed by atoms with Crippen molar-refractivity contribution in [3.8, 4) is 5.88 Å². The number of ether oxygens (including phenoxy) is 1. The highest BCUT2D eigenvalue weighted by molar-refractivity contribution is 5.92. The lowest BCUT2D eigenvalue weighted by atomic mass is 10.2. The molecule has 1 fully saturated rings. The normalized spacial score (nSPS) is 17.9. The van der Waals surface area contributed by atoms with Gasteiger partial charge in [0.1, 0.15) is 5.69 Å². The summed E-state index contributed by atoms with van der Waals surface area (Å²) in [4.78, 5) is 22.7. The fourth-order valence-corrected chi connectivity index (χ4v) is 2.73. The second-order valence-electron chi connectivity index (χ2n) is 5.62. The Bertz CT molecular complexity index is 645. The minimum absolute atomic E-state index is 0.108. The van der Waals surface area contributed by atoms with Crippen LogP contribution in [0.4, 0.5) is 0 Å². The van der Waals surface area contributed by atoms with E-state index in [9.17, 15) is 4.79 Å². The van der Waals surface area contributed by atoms with Gasteiger partial charge in [0.2, 0.25) is 5.88 Å². The first kappa shape index (κ1) is 15.4. The van der Waals surface area contributed by atoms with Gasteiger partial charge in [-0.25, -0.2) is 4.98 Å². The molecule has 0 aliphatic carbocycles. The van der Waals surface area contributed by atoms with Gasteiger partial charge in [-0.2, -0.15) is 0 Å². The minimum atomic E-state index is -0.108. The summed E-state index contributed by atoms with van der Waals surface area (Å²) in [7, 11) is 1.61. The fraction of sp³-hybridized carbons (Fsp3) is 0.353. The van der Waals surface area contributed by atoms with Crippen LogP contribution in [0.3, 0.4) is 0 Å². The van der Waals surface area contributed by atoms with Crippen LogP contribution in [0.25, 0.3) is 0 Å². The van der Waals surface area contributed by atoms with Crippen molar-refractivity contribution >= 4 is 5.91 Å². The molecule has 23 heavy (non-hydrogen) atoms. The van der Waals surface area contributed by atoms with Crippen molar-refractivity contribution < 1.29 is 9.53 Å². The van der Waals surface area contributed by atoms with Gasteiger partial charge in [-0.1, -0.05) is 12.1 Å². The molecule has 1 aliphatic rings. The highest BCUT2D eigenvalue weighted by Crippen LogP contribution is 2.15. The maximum atomic E-state index is 12.1. The summed E-state index contributed by atoms with van der Waals surface area (Å²) in [6, 6.07) is 9.40. The standard InChI is InChI=1S/C17H20N4O2/c1-23-16-6-5-13(10-19-16)11-21-9-7-14(12-21)20-17(22)15-4-2-3-8-18-15/h2-6,8,10,14H,7,9,11-12H2,1H3,(H,20,22). The Balaban J connectivity index is 1.51. The van der Waals surface area contributed by atoms with Crippen molar-refractivity contribution in [1.82, 2.24) is 20.2 Å². The van der Waals surface area contributed by atoms with E-state index in [1.807, 2.05) is 24.4 Å². The summed E-state index contributed by atoms with van der Waals surface area (Å²) < 4.78 is 5.06. The number of rotatable bonds is 5. The molecule has 6 heteroatoms. The third-order valence-electron chi connectivity index (χ3n) is 3.92. The number of likely N-dealkylation sites (tertiary alicyclic amines) is 1. The number of methoxy groups -OCH3 is 1. The number of hydrogen-bond donors (Lipinski definition) is 1. The molecule has 6 nitrogen and oxygen atoms in total. The zero-order chi connectivity index (χ0) is 16.1. The van der Waals surface area contributed by atoms with Crippen LogP contribution in [0.1, 0.15) is 22.5 Å². The van der Waals surface area contributed by atoms with Crippen LogP contribution < -0.4 is 10.1 Å². The molecule has 120 valence electrons. The van der Waals surface area contributed by atoms with Crippen LogP contribution in [0, 0.1) is 0 Å². The molecule has 0 aromatic carbocycles. The van der Waals surface area contributed by atoms with Crippen molar-refractivity contribution in [2.24, 2.45) is 0 Å². The minimum Gasteiger partial charge on any atom is -0.481 e. The van der Waals surface area contributed by atoms with E-state index >= 15 is 0 Å². The zero-order valence-corrected chi connectivity index (χ0v) is 13.1. The molecule has 1 atom stereocenters. The first-order chi connectivity index (χ1) is 11.2. The molecule has 0 radical (unpaired) electrons. The number of pyridine rings is 2. The maximum absolute atomic E-state index is 12.1. The molecule has 0 bridgehead atoms. The number of aromatic nitrogens is 2. The molecule has 1 amide bonds. The summed E-state index contributed by atoms with van der Waals surface area (Å²) in [5.74, 6) is 0.513. The molecule has 1 N–H and O–H groups in total. The van der Waals surface area contributed by atoms with Crippen LogP contribution in [0.15, 0.2) is 42.7 Å². The SMILES string of the molecule is COc1ccc(CN2CCC(NC(=O)c3ccccn3)C2)cn1. The predicted molar refractivity (Wildman–Crippen MR) is 86.2 cm³/mol. The summed E-state index contributed by atoms with van der Waals surface area (Å²) in [5, 5.41) is 3.05. The van der Waals surface area contributed by atoms with Crippen LogP contribution in [0.2, 0.25) is 0 Å². The molecule has 3 heterocycles. The van der Waals surface area contributed by atoms with Crippen molar-refractivity contribution in [2.45, 2.75) is 19.0 Å². The highest BCUT2D eigenvalue weighted by Gasteiger charge is 2.24. The first-order valence-corrected chi connectivity index (χ1v) is 7.68. The second-order valence-corrected chi connectivity index (χ2v) is 5.62. The molecule has 1 unspecified atom stereocenters. The number of carbonyl (C=O) groups is 1. The van der Waals surface area contributed by atoms with Gasteiger partial charge < -0.3 is 10.1 Å².